The molecule has 3 nitrogen and oxygen atoms in total. The molecule has 0 unspecified atom stereocenters. The van der Waals surface area contributed by atoms with Gasteiger partial charge in [-0.25, -0.2) is 0 Å². The fourth-order valence-corrected chi connectivity index (χ4v) is 2.50. The second-order valence-corrected chi connectivity index (χ2v) is 5.34. The van der Waals surface area contributed by atoms with Crippen molar-refractivity contribution in [2.24, 2.45) is 0 Å². The molecule has 1 N–H and O–H groups in total. The van der Waals surface area contributed by atoms with E-state index in [9.17, 15) is 4.79 Å². The lowest BCUT2D eigenvalue weighted by Crippen LogP contribution is -2.30. The van der Waals surface area contributed by atoms with E-state index < -0.39 is 0 Å². The smallest absolute Gasteiger partial charge is 0.281 e. The van der Waals surface area contributed by atoms with Crippen LogP contribution in [0.2, 0.25) is 5.02 Å². The van der Waals surface area contributed by atoms with E-state index in [2.05, 4.69) is 5.32 Å². The summed E-state index contributed by atoms with van der Waals surface area (Å²) in [4.78, 5) is 14.0. The van der Waals surface area contributed by atoms with Gasteiger partial charge in [0.1, 0.15) is 5.70 Å². The Morgan fingerprint density at radius 3 is 2.38 bits per heavy atom. The molecule has 1 amide bonds. The molecule has 1 fully saturated rings. The Balaban J connectivity index is 1.92. The lowest BCUT2D eigenvalue weighted by atomic mass is 10.2. The van der Waals surface area contributed by atoms with E-state index >= 15 is 0 Å². The van der Waals surface area contributed by atoms with Crippen LogP contribution in [0.5, 0.6) is 0 Å². The van der Waals surface area contributed by atoms with Crippen LogP contribution in [0.3, 0.4) is 0 Å². The SMILES string of the molecule is O=C1C(=Cc2ccc(Cl)cc2)NC(=S)N1c1ccccc1. The van der Waals surface area contributed by atoms with Crippen LogP contribution in [0.1, 0.15) is 5.56 Å². The van der Waals surface area contributed by atoms with Crippen LogP contribution in [-0.2, 0) is 4.79 Å². The number of thiocarbonyl (C=S) groups is 1. The molecule has 0 spiro atoms. The minimum Gasteiger partial charge on any atom is -0.327 e. The summed E-state index contributed by atoms with van der Waals surface area (Å²) in [5, 5.41) is 3.99. The molecule has 5 heteroatoms. The highest BCUT2D eigenvalue weighted by molar-refractivity contribution is 7.80. The minimum absolute atomic E-state index is 0.166. The summed E-state index contributed by atoms with van der Waals surface area (Å²) < 4.78 is 0. The van der Waals surface area contributed by atoms with Crippen molar-refractivity contribution in [2.45, 2.75) is 0 Å². The molecule has 2 aromatic rings. The zero-order valence-corrected chi connectivity index (χ0v) is 12.5. The third-order valence-corrected chi connectivity index (χ3v) is 3.61. The number of carbonyl (C=O) groups excluding carboxylic acids is 1. The van der Waals surface area contributed by atoms with Crippen LogP contribution in [0.15, 0.2) is 60.3 Å². The number of para-hydroxylation sites is 1. The van der Waals surface area contributed by atoms with Crippen LogP contribution in [0.4, 0.5) is 5.69 Å². The highest BCUT2D eigenvalue weighted by atomic mass is 35.5. The summed E-state index contributed by atoms with van der Waals surface area (Å²) in [6, 6.07) is 16.6. The first kappa shape index (κ1) is 13.8. The molecule has 0 radical (unpaired) electrons. The number of hydrogen-bond donors (Lipinski definition) is 1. The number of amides is 1. The van der Waals surface area contributed by atoms with Crippen LogP contribution in [0, 0.1) is 0 Å². The Hall–Kier alpha value is -2.17. The third-order valence-electron chi connectivity index (χ3n) is 3.07. The van der Waals surface area contributed by atoms with Crippen LogP contribution >= 0.6 is 23.8 Å². The molecule has 3 rings (SSSR count). The van der Waals surface area contributed by atoms with Gasteiger partial charge in [0.15, 0.2) is 5.11 Å². The van der Waals surface area contributed by atoms with Crippen molar-refractivity contribution in [3.05, 3.63) is 70.9 Å². The maximum atomic E-state index is 12.5. The van der Waals surface area contributed by atoms with E-state index in [0.29, 0.717) is 15.8 Å². The second-order valence-electron chi connectivity index (χ2n) is 4.52. The summed E-state index contributed by atoms with van der Waals surface area (Å²) in [6.07, 6.45) is 1.76. The quantitative estimate of drug-likeness (QED) is 0.679. The molecule has 104 valence electrons. The van der Waals surface area contributed by atoms with Gasteiger partial charge in [0, 0.05) is 5.02 Å². The fourth-order valence-electron chi connectivity index (χ4n) is 2.07. The molecule has 1 aliphatic rings. The summed E-state index contributed by atoms with van der Waals surface area (Å²) >= 11 is 11.1. The van der Waals surface area contributed by atoms with E-state index in [1.165, 1.54) is 4.90 Å². The van der Waals surface area contributed by atoms with Gasteiger partial charge < -0.3 is 5.32 Å². The third kappa shape index (κ3) is 2.82. The molecule has 21 heavy (non-hydrogen) atoms. The van der Waals surface area contributed by atoms with E-state index in [4.69, 9.17) is 23.8 Å². The fraction of sp³-hybridized carbons (Fsp3) is 0. The van der Waals surface area contributed by atoms with Crippen LogP contribution < -0.4 is 10.2 Å². The van der Waals surface area contributed by atoms with Gasteiger partial charge in [0.25, 0.3) is 5.91 Å². The first-order valence-electron chi connectivity index (χ1n) is 6.33. The van der Waals surface area contributed by atoms with Gasteiger partial charge in [-0.1, -0.05) is 41.9 Å². The molecule has 2 aromatic carbocycles. The standard InChI is InChI=1S/C16H11ClN2OS/c17-12-8-6-11(7-9-12)10-14-15(20)19(16(21)18-14)13-4-2-1-3-5-13/h1-10H,(H,18,21). The Bertz CT molecular complexity index is 726. The average Bonchev–Trinajstić information content (AvgIpc) is 2.77. The summed E-state index contributed by atoms with van der Waals surface area (Å²) in [6.45, 7) is 0. The maximum absolute atomic E-state index is 12.5. The van der Waals surface area contributed by atoms with Crippen LogP contribution in [0.25, 0.3) is 6.08 Å². The predicted octanol–water partition coefficient (Wildman–Crippen LogP) is 3.60. The molecule has 1 aliphatic heterocycles. The zero-order chi connectivity index (χ0) is 14.8. The topological polar surface area (TPSA) is 32.3 Å². The monoisotopic (exact) mass is 314 g/mol. The Kier molecular flexibility index (Phi) is 3.73. The van der Waals surface area contributed by atoms with Crippen LogP contribution in [-0.4, -0.2) is 11.0 Å². The first-order valence-corrected chi connectivity index (χ1v) is 7.11. The Morgan fingerprint density at radius 1 is 1.05 bits per heavy atom. The number of hydrogen-bond acceptors (Lipinski definition) is 2. The van der Waals surface area contributed by atoms with Crippen molar-refractivity contribution in [3.8, 4) is 0 Å². The molecule has 0 saturated carbocycles. The molecule has 1 saturated heterocycles. The number of nitrogens with one attached hydrogen (secondary N) is 1. The molecule has 1 heterocycles. The molecular formula is C16H11ClN2OS. The van der Waals surface area contributed by atoms with Gasteiger partial charge in [-0.3, -0.25) is 9.69 Å². The van der Waals surface area contributed by atoms with Gasteiger partial charge in [0.05, 0.1) is 5.69 Å². The molecule has 0 bridgehead atoms. The number of benzene rings is 2. The number of nitrogens with zero attached hydrogens (tertiary/aromatic N) is 1. The summed E-state index contributed by atoms with van der Waals surface area (Å²) in [5.41, 5.74) is 2.08. The van der Waals surface area contributed by atoms with Crippen molar-refractivity contribution >= 4 is 46.6 Å². The van der Waals surface area contributed by atoms with Crippen molar-refractivity contribution in [3.63, 3.8) is 0 Å². The normalized spacial score (nSPS) is 16.4. The lowest BCUT2D eigenvalue weighted by Gasteiger charge is -2.13. The van der Waals surface area contributed by atoms with Gasteiger partial charge >= 0.3 is 0 Å². The van der Waals surface area contributed by atoms with Gasteiger partial charge in [-0.05, 0) is 48.1 Å². The molecule has 0 aromatic heterocycles. The number of anilines is 1. The van der Waals surface area contributed by atoms with Crippen molar-refractivity contribution in [1.29, 1.82) is 0 Å². The highest BCUT2D eigenvalue weighted by Crippen LogP contribution is 2.22. The molecular weight excluding hydrogens is 304 g/mol. The van der Waals surface area contributed by atoms with E-state index in [1.807, 2.05) is 42.5 Å². The predicted molar refractivity (Wildman–Crippen MR) is 89.1 cm³/mol. The number of halogens is 1. The average molecular weight is 315 g/mol. The highest BCUT2D eigenvalue weighted by Gasteiger charge is 2.31. The van der Waals surface area contributed by atoms with Gasteiger partial charge in [0.2, 0.25) is 0 Å². The first-order chi connectivity index (χ1) is 10.1. The molecule has 0 aliphatic carbocycles. The van der Waals surface area contributed by atoms with Gasteiger partial charge in [-0.15, -0.1) is 0 Å². The molecule has 0 atom stereocenters. The second kappa shape index (κ2) is 5.68. The number of rotatable bonds is 2. The van der Waals surface area contributed by atoms with E-state index in [1.54, 1.807) is 18.2 Å². The lowest BCUT2D eigenvalue weighted by molar-refractivity contribution is -0.113. The Labute approximate surface area is 132 Å². The van der Waals surface area contributed by atoms with Crippen molar-refractivity contribution in [1.82, 2.24) is 5.32 Å². The summed E-state index contributed by atoms with van der Waals surface area (Å²) in [5.74, 6) is -0.166. The Morgan fingerprint density at radius 2 is 1.71 bits per heavy atom. The largest absolute Gasteiger partial charge is 0.327 e. The van der Waals surface area contributed by atoms with Crippen molar-refractivity contribution in [2.75, 3.05) is 4.90 Å². The van der Waals surface area contributed by atoms with Crippen molar-refractivity contribution < 1.29 is 4.79 Å². The maximum Gasteiger partial charge on any atom is 0.281 e. The zero-order valence-electron chi connectivity index (χ0n) is 10.9. The summed E-state index contributed by atoms with van der Waals surface area (Å²) in [7, 11) is 0. The van der Waals surface area contributed by atoms with Gasteiger partial charge in [-0.2, -0.15) is 0 Å². The number of carbonyl (C=O) groups is 1. The minimum atomic E-state index is -0.166. The van der Waals surface area contributed by atoms with E-state index in [0.717, 1.165) is 11.3 Å². The van der Waals surface area contributed by atoms with E-state index in [-0.39, 0.29) is 5.91 Å².